The number of hydrogen-bond acceptors (Lipinski definition) is 6. The fraction of sp³-hybridized carbons (Fsp3) is 0.412. The Balaban J connectivity index is 1.65. The molecule has 9 heteroatoms. The molecular weight excluding hydrogens is 334 g/mol. The maximum Gasteiger partial charge on any atom is 0.326 e. The van der Waals surface area contributed by atoms with E-state index in [9.17, 15) is 9.90 Å². The molecule has 0 aromatic carbocycles. The summed E-state index contributed by atoms with van der Waals surface area (Å²) in [5, 5.41) is 18.3. The molecule has 0 atom stereocenters. The van der Waals surface area contributed by atoms with Crippen molar-refractivity contribution in [2.45, 2.75) is 31.7 Å². The average molecular weight is 353 g/mol. The van der Waals surface area contributed by atoms with Crippen molar-refractivity contribution in [3.05, 3.63) is 39.1 Å². The largest absolute Gasteiger partial charge is 0.493 e. The van der Waals surface area contributed by atoms with E-state index in [0.717, 1.165) is 36.6 Å². The second kappa shape index (κ2) is 5.72. The van der Waals surface area contributed by atoms with Crippen molar-refractivity contribution in [3.63, 3.8) is 0 Å². The minimum atomic E-state index is -0.464. The molecule has 134 valence electrons. The van der Waals surface area contributed by atoms with Gasteiger partial charge < -0.3 is 15.4 Å². The summed E-state index contributed by atoms with van der Waals surface area (Å²) in [4.78, 5) is 25.6. The Hall–Kier alpha value is -3.10. The highest BCUT2D eigenvalue weighted by Gasteiger charge is 2.22. The lowest BCUT2D eigenvalue weighted by atomic mass is 10.3. The minimum Gasteiger partial charge on any atom is -0.493 e. The summed E-state index contributed by atoms with van der Waals surface area (Å²) in [6.07, 6.45) is 8.04. The van der Waals surface area contributed by atoms with Gasteiger partial charge in [0.25, 0.3) is 0 Å². The Kier molecular flexibility index (Phi) is 3.34. The number of hydrogen-bond donors (Lipinski definition) is 4. The SMILES string of the molecule is O=c1[nH]c(O)c(/C=c2/cnn3c(=NC4CC4)cc(NCC4CC4)nc23)[nH]1. The molecule has 0 bridgehead atoms. The molecule has 0 spiro atoms. The van der Waals surface area contributed by atoms with Crippen LogP contribution in [0.15, 0.2) is 22.1 Å². The maximum atomic E-state index is 11.3. The van der Waals surface area contributed by atoms with Gasteiger partial charge in [-0.2, -0.15) is 9.61 Å². The Labute approximate surface area is 147 Å². The summed E-state index contributed by atoms with van der Waals surface area (Å²) in [5.74, 6) is 1.29. The van der Waals surface area contributed by atoms with Crippen LogP contribution in [0, 0.1) is 5.92 Å². The van der Waals surface area contributed by atoms with Gasteiger partial charge in [0.2, 0.25) is 5.88 Å². The van der Waals surface area contributed by atoms with E-state index in [0.29, 0.717) is 22.6 Å². The van der Waals surface area contributed by atoms with Gasteiger partial charge in [-0.3, -0.25) is 9.98 Å². The van der Waals surface area contributed by atoms with Gasteiger partial charge in [-0.25, -0.2) is 9.78 Å². The van der Waals surface area contributed by atoms with Gasteiger partial charge in [-0.05, 0) is 37.7 Å². The topological polar surface area (TPSA) is 123 Å². The van der Waals surface area contributed by atoms with Gasteiger partial charge in [0.1, 0.15) is 11.5 Å². The summed E-state index contributed by atoms with van der Waals surface area (Å²) in [6.45, 7) is 0.908. The minimum absolute atomic E-state index is 0.208. The van der Waals surface area contributed by atoms with Crippen LogP contribution in [0.1, 0.15) is 31.4 Å². The van der Waals surface area contributed by atoms with E-state index >= 15 is 0 Å². The first-order valence-electron chi connectivity index (χ1n) is 8.85. The Morgan fingerprint density at radius 3 is 2.88 bits per heavy atom. The molecule has 3 aromatic heterocycles. The average Bonchev–Trinajstić information content (AvgIpc) is 3.52. The zero-order chi connectivity index (χ0) is 17.7. The van der Waals surface area contributed by atoms with E-state index < -0.39 is 5.69 Å². The molecule has 5 rings (SSSR count). The van der Waals surface area contributed by atoms with E-state index in [1.54, 1.807) is 16.8 Å². The Bertz CT molecular complexity index is 1150. The molecule has 0 radical (unpaired) electrons. The predicted molar refractivity (Wildman–Crippen MR) is 94.6 cm³/mol. The smallest absolute Gasteiger partial charge is 0.326 e. The highest BCUT2D eigenvalue weighted by atomic mass is 16.3. The predicted octanol–water partition coefficient (Wildman–Crippen LogP) is -0.116. The zero-order valence-electron chi connectivity index (χ0n) is 14.1. The number of fused-ring (bicyclic) bond motifs is 1. The van der Waals surface area contributed by atoms with Crippen LogP contribution in [0.5, 0.6) is 5.88 Å². The van der Waals surface area contributed by atoms with E-state index in [4.69, 9.17) is 4.99 Å². The highest BCUT2D eigenvalue weighted by molar-refractivity contribution is 5.57. The fourth-order valence-corrected chi connectivity index (χ4v) is 2.86. The molecule has 2 saturated carbocycles. The molecule has 0 saturated heterocycles. The molecule has 0 amide bonds. The molecule has 9 nitrogen and oxygen atoms in total. The molecule has 4 N–H and O–H groups in total. The molecule has 2 aliphatic carbocycles. The van der Waals surface area contributed by atoms with E-state index in [2.05, 4.69) is 25.4 Å². The molecule has 26 heavy (non-hydrogen) atoms. The van der Waals surface area contributed by atoms with Gasteiger partial charge in [0.15, 0.2) is 11.1 Å². The van der Waals surface area contributed by atoms with Crippen molar-refractivity contribution in [3.8, 4) is 5.88 Å². The second-order valence-electron chi connectivity index (χ2n) is 7.01. The number of H-pyrrole nitrogens is 2. The van der Waals surface area contributed by atoms with Gasteiger partial charge in [-0.1, -0.05) is 0 Å². The molecule has 0 aliphatic heterocycles. The number of rotatable bonds is 5. The lowest BCUT2D eigenvalue weighted by Gasteiger charge is -2.05. The van der Waals surface area contributed by atoms with E-state index in [-0.39, 0.29) is 5.88 Å². The standard InChI is InChI=1S/C17H19N7O2/c25-16-12(21-17(26)23-16)5-10-8-19-24-14(20-11-3-4-11)6-13(22-15(10)24)18-7-9-1-2-9/h5-6,8-9,11,18,25H,1-4,7H2,(H2,21,23,26)/b10-5-,20-14?. The number of imidazole rings is 1. The lowest BCUT2D eigenvalue weighted by Crippen LogP contribution is -2.21. The molecule has 2 fully saturated rings. The molecule has 2 aliphatic rings. The normalized spacial score (nSPS) is 18.8. The van der Waals surface area contributed by atoms with Crippen LogP contribution in [0.3, 0.4) is 0 Å². The van der Waals surface area contributed by atoms with Crippen molar-refractivity contribution in [2.24, 2.45) is 10.9 Å². The van der Waals surface area contributed by atoms with E-state index in [1.165, 1.54) is 12.8 Å². The Morgan fingerprint density at radius 2 is 2.19 bits per heavy atom. The number of nitrogens with zero attached hydrogens (tertiary/aromatic N) is 4. The van der Waals surface area contributed by atoms with Crippen LogP contribution in [0.2, 0.25) is 0 Å². The van der Waals surface area contributed by atoms with Crippen LogP contribution in [0.25, 0.3) is 11.7 Å². The van der Waals surface area contributed by atoms with Crippen molar-refractivity contribution in [1.29, 1.82) is 0 Å². The van der Waals surface area contributed by atoms with Gasteiger partial charge >= 0.3 is 5.69 Å². The number of aromatic nitrogens is 5. The van der Waals surface area contributed by atoms with Gasteiger partial charge in [-0.15, -0.1) is 0 Å². The van der Waals surface area contributed by atoms with Gasteiger partial charge in [0, 0.05) is 17.8 Å². The molecule has 3 aromatic rings. The quantitative estimate of drug-likeness (QED) is 0.509. The lowest BCUT2D eigenvalue weighted by molar-refractivity contribution is 0.454. The summed E-state index contributed by atoms with van der Waals surface area (Å²) in [6, 6.07) is 2.29. The van der Waals surface area contributed by atoms with E-state index in [1.807, 2.05) is 6.07 Å². The summed E-state index contributed by atoms with van der Waals surface area (Å²) in [5.41, 5.74) is 1.23. The fourth-order valence-electron chi connectivity index (χ4n) is 2.86. The second-order valence-corrected chi connectivity index (χ2v) is 7.01. The first kappa shape index (κ1) is 15.2. The number of aromatic amines is 2. The Morgan fingerprint density at radius 1 is 1.35 bits per heavy atom. The van der Waals surface area contributed by atoms with Gasteiger partial charge in [0.05, 0.1) is 12.2 Å². The summed E-state index contributed by atoms with van der Waals surface area (Å²) >= 11 is 0. The molecule has 0 unspecified atom stereocenters. The number of nitrogens with one attached hydrogen (secondary N) is 3. The molecular formula is C17H19N7O2. The highest BCUT2D eigenvalue weighted by Crippen LogP contribution is 2.28. The van der Waals surface area contributed by atoms with Crippen LogP contribution in [-0.2, 0) is 0 Å². The first-order valence-corrected chi connectivity index (χ1v) is 8.85. The van der Waals surface area contributed by atoms with Crippen LogP contribution in [0.4, 0.5) is 5.82 Å². The van der Waals surface area contributed by atoms with Crippen LogP contribution < -0.4 is 21.7 Å². The van der Waals surface area contributed by atoms with Crippen LogP contribution in [-0.4, -0.2) is 42.3 Å². The monoisotopic (exact) mass is 353 g/mol. The molecule has 3 heterocycles. The number of aromatic hydroxyl groups is 1. The summed E-state index contributed by atoms with van der Waals surface area (Å²) in [7, 11) is 0. The van der Waals surface area contributed by atoms with Crippen molar-refractivity contribution in [2.75, 3.05) is 11.9 Å². The third kappa shape index (κ3) is 2.96. The third-order valence-corrected chi connectivity index (χ3v) is 4.65. The third-order valence-electron chi connectivity index (χ3n) is 4.65. The maximum absolute atomic E-state index is 11.3. The van der Waals surface area contributed by atoms with Crippen molar-refractivity contribution in [1.82, 2.24) is 24.6 Å². The number of anilines is 1. The van der Waals surface area contributed by atoms with Crippen LogP contribution >= 0.6 is 0 Å². The van der Waals surface area contributed by atoms with Crippen molar-refractivity contribution >= 4 is 17.5 Å². The summed E-state index contributed by atoms with van der Waals surface area (Å²) < 4.78 is 1.70. The zero-order valence-corrected chi connectivity index (χ0v) is 14.1. The van der Waals surface area contributed by atoms with Crippen molar-refractivity contribution < 1.29 is 5.11 Å². The first-order chi connectivity index (χ1) is 12.7.